The van der Waals surface area contributed by atoms with Crippen molar-refractivity contribution >= 4 is 23.0 Å². The minimum absolute atomic E-state index is 0.315. The lowest BCUT2D eigenvalue weighted by Crippen LogP contribution is -2.36. The first kappa shape index (κ1) is 24.1. The molecule has 0 saturated carbocycles. The molecule has 1 unspecified atom stereocenters. The summed E-state index contributed by atoms with van der Waals surface area (Å²) in [5.74, 6) is 1.11. The maximum absolute atomic E-state index is 13.4. The summed E-state index contributed by atoms with van der Waals surface area (Å²) in [6.45, 7) is 8.24. The molecular formula is C33H32N2O3. The predicted octanol–water partition coefficient (Wildman–Crippen LogP) is 7.93. The molecule has 0 aromatic heterocycles. The molecule has 1 N–H and O–H groups in total. The molecule has 4 aromatic carbocycles. The number of ether oxygens (including phenoxy) is 2. The Kier molecular flexibility index (Phi) is 6.07. The summed E-state index contributed by atoms with van der Waals surface area (Å²) in [7, 11) is 0. The summed E-state index contributed by atoms with van der Waals surface area (Å²) < 4.78 is 13.1. The van der Waals surface area contributed by atoms with E-state index in [2.05, 4.69) is 43.1 Å². The number of esters is 1. The van der Waals surface area contributed by atoms with Gasteiger partial charge in [-0.15, -0.1) is 0 Å². The summed E-state index contributed by atoms with van der Waals surface area (Å²) in [5.41, 5.74) is 6.06. The Labute approximate surface area is 224 Å². The van der Waals surface area contributed by atoms with Crippen molar-refractivity contribution in [2.24, 2.45) is 0 Å². The number of hydrogen-bond donors (Lipinski definition) is 1. The molecule has 2 aliphatic rings. The first-order chi connectivity index (χ1) is 18.6. The summed E-state index contributed by atoms with van der Waals surface area (Å²) in [6.07, 6.45) is 2.02. The summed E-state index contributed by atoms with van der Waals surface area (Å²) in [4.78, 5) is 15.8. The molecule has 2 heterocycles. The van der Waals surface area contributed by atoms with E-state index >= 15 is 0 Å². The van der Waals surface area contributed by atoms with Crippen LogP contribution in [0.5, 0.6) is 11.5 Å². The normalized spacial score (nSPS) is 16.8. The minimum atomic E-state index is -1.12. The Hall–Kier alpha value is -4.25. The van der Waals surface area contributed by atoms with Gasteiger partial charge >= 0.3 is 5.97 Å². The van der Waals surface area contributed by atoms with Crippen LogP contribution in [-0.4, -0.2) is 19.1 Å². The quantitative estimate of drug-likeness (QED) is 0.259. The highest BCUT2D eigenvalue weighted by Crippen LogP contribution is 2.59. The molecule has 0 radical (unpaired) electrons. The van der Waals surface area contributed by atoms with Crippen LogP contribution in [-0.2, 0) is 10.3 Å². The zero-order chi connectivity index (χ0) is 26.3. The van der Waals surface area contributed by atoms with Gasteiger partial charge in [0.25, 0.3) is 0 Å². The highest BCUT2D eigenvalue weighted by Gasteiger charge is 2.55. The Morgan fingerprint density at radius 3 is 2.32 bits per heavy atom. The van der Waals surface area contributed by atoms with Crippen LogP contribution < -0.4 is 15.0 Å². The van der Waals surface area contributed by atoms with E-state index in [1.807, 2.05) is 72.8 Å². The van der Waals surface area contributed by atoms with Gasteiger partial charge in [0.05, 0.1) is 11.1 Å². The van der Waals surface area contributed by atoms with E-state index in [0.717, 1.165) is 71.0 Å². The fraction of sp³-hybridized carbons (Fsp3) is 0.242. The van der Waals surface area contributed by atoms with Crippen LogP contribution in [0.4, 0.5) is 17.1 Å². The van der Waals surface area contributed by atoms with Gasteiger partial charge in [0, 0.05) is 41.3 Å². The van der Waals surface area contributed by atoms with Crippen molar-refractivity contribution in [3.63, 3.8) is 0 Å². The van der Waals surface area contributed by atoms with E-state index in [0.29, 0.717) is 11.3 Å². The number of nitrogens with zero attached hydrogens (tertiary/aromatic N) is 1. The highest BCUT2D eigenvalue weighted by atomic mass is 16.6. The predicted molar refractivity (Wildman–Crippen MR) is 152 cm³/mol. The van der Waals surface area contributed by atoms with Gasteiger partial charge in [0.1, 0.15) is 11.5 Å². The van der Waals surface area contributed by atoms with Gasteiger partial charge in [-0.1, -0.05) is 56.3 Å². The van der Waals surface area contributed by atoms with Crippen LogP contribution in [0.3, 0.4) is 0 Å². The van der Waals surface area contributed by atoms with Crippen LogP contribution in [0, 0.1) is 6.92 Å². The molecule has 5 heteroatoms. The first-order valence-corrected chi connectivity index (χ1v) is 13.4. The number of anilines is 3. The number of nitrogens with one attached hydrogen (secondary N) is 1. The molecule has 4 aromatic rings. The lowest BCUT2D eigenvalue weighted by molar-refractivity contribution is 0.0226. The van der Waals surface area contributed by atoms with Crippen molar-refractivity contribution in [3.05, 3.63) is 113 Å². The Morgan fingerprint density at radius 1 is 0.816 bits per heavy atom. The van der Waals surface area contributed by atoms with Gasteiger partial charge in [-0.25, -0.2) is 4.79 Å². The molecule has 0 fully saturated rings. The molecule has 192 valence electrons. The molecular weight excluding hydrogens is 472 g/mol. The van der Waals surface area contributed by atoms with E-state index in [9.17, 15) is 4.79 Å². The summed E-state index contributed by atoms with van der Waals surface area (Å²) in [5, 5.41) is 3.56. The van der Waals surface area contributed by atoms with Gasteiger partial charge in [0.15, 0.2) is 5.60 Å². The SMILES string of the molecule is CCCN(CCC)c1cccc2c1C1(OC(=O)c3ccccc31)c1cc(Nc3ccccc3)c(C)cc1O2. The second kappa shape index (κ2) is 9.56. The first-order valence-electron chi connectivity index (χ1n) is 13.4. The molecule has 1 atom stereocenters. The van der Waals surface area contributed by atoms with Crippen LogP contribution in [0.15, 0.2) is 84.9 Å². The number of hydrogen-bond acceptors (Lipinski definition) is 5. The van der Waals surface area contributed by atoms with Crippen molar-refractivity contribution in [1.82, 2.24) is 0 Å². The van der Waals surface area contributed by atoms with E-state index < -0.39 is 5.60 Å². The van der Waals surface area contributed by atoms with Crippen LogP contribution >= 0.6 is 0 Å². The highest BCUT2D eigenvalue weighted by molar-refractivity contribution is 5.97. The Morgan fingerprint density at radius 2 is 1.55 bits per heavy atom. The maximum Gasteiger partial charge on any atom is 0.340 e. The van der Waals surface area contributed by atoms with Gasteiger partial charge in [-0.05, 0) is 67.8 Å². The third kappa shape index (κ3) is 3.73. The van der Waals surface area contributed by atoms with Gasteiger partial charge in [-0.2, -0.15) is 0 Å². The lowest BCUT2D eigenvalue weighted by Gasteiger charge is -2.40. The molecule has 38 heavy (non-hydrogen) atoms. The lowest BCUT2D eigenvalue weighted by atomic mass is 9.76. The van der Waals surface area contributed by atoms with Crippen molar-refractivity contribution in [2.75, 3.05) is 23.3 Å². The Bertz CT molecular complexity index is 1510. The molecule has 0 aliphatic carbocycles. The number of fused-ring (bicyclic) bond motifs is 6. The third-order valence-corrected chi connectivity index (χ3v) is 7.43. The number of para-hydroxylation sites is 1. The molecule has 0 saturated heterocycles. The average molecular weight is 505 g/mol. The molecule has 2 aliphatic heterocycles. The monoisotopic (exact) mass is 504 g/mol. The van der Waals surface area contributed by atoms with E-state index in [1.54, 1.807) is 0 Å². The smallest absolute Gasteiger partial charge is 0.340 e. The zero-order valence-corrected chi connectivity index (χ0v) is 22.1. The second-order valence-corrected chi connectivity index (χ2v) is 10.0. The fourth-order valence-corrected chi connectivity index (χ4v) is 5.82. The number of rotatable bonds is 7. The maximum atomic E-state index is 13.4. The molecule has 0 amide bonds. The summed E-state index contributed by atoms with van der Waals surface area (Å²) >= 11 is 0. The topological polar surface area (TPSA) is 50.8 Å². The molecule has 1 spiro atoms. The number of benzene rings is 4. The largest absolute Gasteiger partial charge is 0.456 e. The van der Waals surface area contributed by atoms with Gasteiger partial charge < -0.3 is 19.7 Å². The summed E-state index contributed by atoms with van der Waals surface area (Å²) in [6, 6.07) is 28.1. The van der Waals surface area contributed by atoms with Gasteiger partial charge in [-0.3, -0.25) is 0 Å². The Balaban J connectivity index is 1.63. The molecule has 0 bridgehead atoms. The second-order valence-electron chi connectivity index (χ2n) is 10.0. The molecule has 5 nitrogen and oxygen atoms in total. The standard InChI is InChI=1S/C33H32N2O3/c1-4-18-35(19-5-2)28-16-11-17-29-31(28)33(25-15-10-9-14-24(25)32(36)38-33)26-21-27(22(3)20-30(26)37-29)34-23-12-7-6-8-13-23/h6-17,20-21,34H,4-5,18-19H2,1-3H3. The van der Waals surface area contributed by atoms with Gasteiger partial charge in [0.2, 0.25) is 0 Å². The van der Waals surface area contributed by atoms with Crippen LogP contribution in [0.2, 0.25) is 0 Å². The van der Waals surface area contributed by atoms with E-state index in [4.69, 9.17) is 9.47 Å². The zero-order valence-electron chi connectivity index (χ0n) is 22.1. The number of aryl methyl sites for hydroxylation is 1. The van der Waals surface area contributed by atoms with Crippen LogP contribution in [0.1, 0.15) is 59.3 Å². The van der Waals surface area contributed by atoms with Crippen molar-refractivity contribution in [1.29, 1.82) is 0 Å². The van der Waals surface area contributed by atoms with Crippen molar-refractivity contribution in [3.8, 4) is 11.5 Å². The number of carbonyl (C=O) groups is 1. The van der Waals surface area contributed by atoms with Crippen LogP contribution in [0.25, 0.3) is 0 Å². The van der Waals surface area contributed by atoms with Crippen molar-refractivity contribution in [2.45, 2.75) is 39.2 Å². The number of carbonyl (C=O) groups excluding carboxylic acids is 1. The van der Waals surface area contributed by atoms with E-state index in [-0.39, 0.29) is 5.97 Å². The average Bonchev–Trinajstić information content (AvgIpc) is 3.22. The van der Waals surface area contributed by atoms with E-state index in [1.165, 1.54) is 0 Å². The van der Waals surface area contributed by atoms with Crippen molar-refractivity contribution < 1.29 is 14.3 Å². The third-order valence-electron chi connectivity index (χ3n) is 7.43. The fourth-order valence-electron chi connectivity index (χ4n) is 5.82. The molecule has 6 rings (SSSR count). The minimum Gasteiger partial charge on any atom is -0.456 e.